The third-order valence-electron chi connectivity index (χ3n) is 6.42. The predicted molar refractivity (Wildman–Crippen MR) is 145 cm³/mol. The number of hydrogen-bond acceptors (Lipinski definition) is 5. The maximum absolute atomic E-state index is 13.1. The van der Waals surface area contributed by atoms with Crippen LogP contribution in [0.15, 0.2) is 66.2 Å². The zero-order valence-electron chi connectivity index (χ0n) is 21.6. The second-order valence-electron chi connectivity index (χ2n) is 8.89. The number of carbonyl (C=O) groups excluding carboxylic acids is 1. The van der Waals surface area contributed by atoms with Gasteiger partial charge in [-0.3, -0.25) is 4.79 Å². The number of hydrogen-bond donors (Lipinski definition) is 0. The first-order valence-corrected chi connectivity index (χ1v) is 12.6. The van der Waals surface area contributed by atoms with Gasteiger partial charge in [-0.2, -0.15) is 5.26 Å². The number of rotatable bonds is 10. The fraction of sp³-hybridized carbons (Fsp3) is 0.290. The van der Waals surface area contributed by atoms with Crippen LogP contribution < -0.4 is 19.1 Å². The van der Waals surface area contributed by atoms with Crippen molar-refractivity contribution >= 4 is 17.7 Å². The van der Waals surface area contributed by atoms with E-state index >= 15 is 0 Å². The molecule has 0 spiro atoms. The van der Waals surface area contributed by atoms with Crippen molar-refractivity contribution in [3.63, 3.8) is 0 Å². The molecule has 37 heavy (non-hydrogen) atoms. The number of nitriles is 1. The molecule has 6 nitrogen and oxygen atoms in total. The van der Waals surface area contributed by atoms with Gasteiger partial charge in [0.15, 0.2) is 11.5 Å². The molecule has 0 saturated heterocycles. The van der Waals surface area contributed by atoms with E-state index in [0.29, 0.717) is 49.8 Å². The van der Waals surface area contributed by atoms with Crippen LogP contribution >= 0.6 is 0 Å². The minimum atomic E-state index is -0.297. The number of nitrogens with zero attached hydrogens (tertiary/aromatic N) is 2. The van der Waals surface area contributed by atoms with E-state index < -0.39 is 0 Å². The molecule has 6 heteroatoms. The minimum absolute atomic E-state index is 0.0800. The summed E-state index contributed by atoms with van der Waals surface area (Å²) in [7, 11) is 0. The molecule has 1 aliphatic rings. The molecule has 0 bridgehead atoms. The van der Waals surface area contributed by atoms with Crippen LogP contribution in [0.2, 0.25) is 0 Å². The van der Waals surface area contributed by atoms with E-state index in [-0.39, 0.29) is 11.5 Å². The van der Waals surface area contributed by atoms with Gasteiger partial charge < -0.3 is 19.1 Å². The number of benzene rings is 3. The SMILES string of the molecule is CCOc1cc(/C=C(\C#N)C(=O)N2CCc3ccccc32)ccc1OCCCOc1cccc(C)c1C. The molecule has 1 amide bonds. The number of para-hydroxylation sites is 1. The number of ether oxygens (including phenoxy) is 3. The molecule has 190 valence electrons. The first-order valence-electron chi connectivity index (χ1n) is 12.6. The summed E-state index contributed by atoms with van der Waals surface area (Å²) in [5, 5.41) is 9.74. The molecular formula is C31H32N2O4. The highest BCUT2D eigenvalue weighted by atomic mass is 16.5. The highest BCUT2D eigenvalue weighted by molar-refractivity contribution is 6.12. The van der Waals surface area contributed by atoms with Crippen LogP contribution in [-0.2, 0) is 11.2 Å². The Bertz CT molecular complexity index is 1340. The largest absolute Gasteiger partial charge is 0.493 e. The quantitative estimate of drug-likeness (QED) is 0.194. The summed E-state index contributed by atoms with van der Waals surface area (Å²) in [6.45, 7) is 8.08. The van der Waals surface area contributed by atoms with Crippen LogP contribution in [0.4, 0.5) is 5.69 Å². The molecule has 0 atom stereocenters. The Hall–Kier alpha value is -4.24. The van der Waals surface area contributed by atoms with Crippen molar-refractivity contribution in [3.8, 4) is 23.3 Å². The average Bonchev–Trinajstić information content (AvgIpc) is 3.34. The van der Waals surface area contributed by atoms with E-state index in [4.69, 9.17) is 14.2 Å². The monoisotopic (exact) mass is 496 g/mol. The van der Waals surface area contributed by atoms with Gasteiger partial charge in [-0.15, -0.1) is 0 Å². The van der Waals surface area contributed by atoms with Crippen LogP contribution in [0.1, 0.15) is 35.6 Å². The van der Waals surface area contributed by atoms with Gasteiger partial charge >= 0.3 is 0 Å². The van der Waals surface area contributed by atoms with E-state index in [1.165, 1.54) is 5.56 Å². The summed E-state index contributed by atoms with van der Waals surface area (Å²) in [5.74, 6) is 1.79. The molecule has 0 aliphatic carbocycles. The Morgan fingerprint density at radius 2 is 1.76 bits per heavy atom. The van der Waals surface area contributed by atoms with Crippen molar-refractivity contribution in [2.24, 2.45) is 0 Å². The molecule has 0 N–H and O–H groups in total. The lowest BCUT2D eigenvalue weighted by Gasteiger charge is -2.17. The Kier molecular flexibility index (Phi) is 8.48. The van der Waals surface area contributed by atoms with Gasteiger partial charge in [-0.1, -0.05) is 36.4 Å². The zero-order chi connectivity index (χ0) is 26.2. The fourth-order valence-electron chi connectivity index (χ4n) is 4.31. The predicted octanol–water partition coefficient (Wildman–Crippen LogP) is 6.05. The van der Waals surface area contributed by atoms with Crippen LogP contribution in [0.3, 0.4) is 0 Å². The second-order valence-corrected chi connectivity index (χ2v) is 8.89. The lowest BCUT2D eigenvalue weighted by Crippen LogP contribution is -2.29. The Morgan fingerprint density at radius 1 is 0.973 bits per heavy atom. The molecule has 3 aromatic carbocycles. The van der Waals surface area contributed by atoms with Crippen LogP contribution in [0.5, 0.6) is 17.2 Å². The van der Waals surface area contributed by atoms with Gasteiger partial charge in [0.05, 0.1) is 19.8 Å². The summed E-state index contributed by atoms with van der Waals surface area (Å²) in [4.78, 5) is 14.8. The number of fused-ring (bicyclic) bond motifs is 1. The van der Waals surface area contributed by atoms with Crippen LogP contribution in [0, 0.1) is 25.2 Å². The smallest absolute Gasteiger partial charge is 0.268 e. The third-order valence-corrected chi connectivity index (χ3v) is 6.42. The molecule has 0 unspecified atom stereocenters. The number of amides is 1. The Labute approximate surface area is 218 Å². The van der Waals surface area contributed by atoms with Gasteiger partial charge in [-0.05, 0) is 79.8 Å². The normalized spacial score (nSPS) is 12.6. The highest BCUT2D eigenvalue weighted by Gasteiger charge is 2.26. The Balaban J connectivity index is 1.40. The lowest BCUT2D eigenvalue weighted by molar-refractivity contribution is -0.114. The molecule has 0 fully saturated rings. The maximum atomic E-state index is 13.1. The van der Waals surface area contributed by atoms with Gasteiger partial charge in [0.25, 0.3) is 5.91 Å². The molecule has 3 aromatic rings. The van der Waals surface area contributed by atoms with Crippen molar-refractivity contribution in [3.05, 3.63) is 88.5 Å². The number of carbonyl (C=O) groups is 1. The topological polar surface area (TPSA) is 71.8 Å². The van der Waals surface area contributed by atoms with Gasteiger partial charge in [0.1, 0.15) is 17.4 Å². The van der Waals surface area contributed by atoms with E-state index in [9.17, 15) is 10.1 Å². The van der Waals surface area contributed by atoms with Crippen molar-refractivity contribution in [1.29, 1.82) is 5.26 Å². The third kappa shape index (κ3) is 6.13. The van der Waals surface area contributed by atoms with E-state index in [2.05, 4.69) is 26.0 Å². The first-order chi connectivity index (χ1) is 18.0. The molecule has 1 aliphatic heterocycles. The van der Waals surface area contributed by atoms with Crippen molar-refractivity contribution in [2.75, 3.05) is 31.3 Å². The average molecular weight is 497 g/mol. The van der Waals surface area contributed by atoms with Crippen LogP contribution in [-0.4, -0.2) is 32.3 Å². The van der Waals surface area contributed by atoms with E-state index in [1.54, 1.807) is 17.0 Å². The lowest BCUT2D eigenvalue weighted by atomic mass is 10.1. The molecule has 0 saturated carbocycles. The van der Waals surface area contributed by atoms with Gasteiger partial charge in [-0.25, -0.2) is 0 Å². The standard InChI is InChI=1S/C31H32N2O4/c1-4-35-30-20-24(19-26(21-32)31(34)33-16-15-25-10-5-6-11-27(25)33)13-14-29(30)37-18-8-17-36-28-12-7-9-22(2)23(28)3/h5-7,9-14,19-20H,4,8,15-18H2,1-3H3/b26-19+. The number of anilines is 1. The number of aryl methyl sites for hydroxylation is 1. The van der Waals surface area contributed by atoms with E-state index in [1.807, 2.05) is 55.5 Å². The summed E-state index contributed by atoms with van der Waals surface area (Å²) in [6, 6.07) is 21.4. The van der Waals surface area contributed by atoms with Crippen molar-refractivity contribution < 1.29 is 19.0 Å². The summed E-state index contributed by atoms with van der Waals surface area (Å²) < 4.78 is 17.7. The minimum Gasteiger partial charge on any atom is -0.493 e. The summed E-state index contributed by atoms with van der Waals surface area (Å²) >= 11 is 0. The molecular weight excluding hydrogens is 464 g/mol. The first kappa shape index (κ1) is 25.8. The molecule has 0 radical (unpaired) electrons. The maximum Gasteiger partial charge on any atom is 0.268 e. The van der Waals surface area contributed by atoms with Crippen LogP contribution in [0.25, 0.3) is 6.08 Å². The summed E-state index contributed by atoms with van der Waals surface area (Å²) in [6.07, 6.45) is 3.11. The zero-order valence-corrected chi connectivity index (χ0v) is 21.6. The Morgan fingerprint density at radius 3 is 2.54 bits per heavy atom. The van der Waals surface area contributed by atoms with Crippen molar-refractivity contribution in [2.45, 2.75) is 33.6 Å². The molecule has 0 aromatic heterocycles. The molecule has 4 rings (SSSR count). The van der Waals surface area contributed by atoms with Crippen molar-refractivity contribution in [1.82, 2.24) is 0 Å². The van der Waals surface area contributed by atoms with Gasteiger partial charge in [0.2, 0.25) is 0 Å². The van der Waals surface area contributed by atoms with E-state index in [0.717, 1.165) is 29.0 Å². The highest BCUT2D eigenvalue weighted by Crippen LogP contribution is 2.31. The second kappa shape index (κ2) is 12.1. The fourth-order valence-corrected chi connectivity index (χ4v) is 4.31. The van der Waals surface area contributed by atoms with Gasteiger partial charge in [0, 0.05) is 18.7 Å². The molecule has 1 heterocycles. The summed E-state index contributed by atoms with van der Waals surface area (Å²) in [5.41, 5.74) is 5.12.